The Bertz CT molecular complexity index is 219. The molecule has 94 valence electrons. The molecule has 0 heterocycles. The van der Waals surface area contributed by atoms with Crippen molar-refractivity contribution in [3.05, 3.63) is 0 Å². The zero-order valence-corrected chi connectivity index (χ0v) is 12.2. The van der Waals surface area contributed by atoms with Crippen molar-refractivity contribution in [2.75, 3.05) is 12.3 Å². The van der Waals surface area contributed by atoms with Crippen LogP contribution in [0.15, 0.2) is 0 Å². The van der Waals surface area contributed by atoms with E-state index >= 15 is 0 Å². The van der Waals surface area contributed by atoms with E-state index in [2.05, 4.69) is 43.2 Å². The Morgan fingerprint density at radius 2 is 2.19 bits per heavy atom. The molecule has 0 saturated heterocycles. The molecule has 2 nitrogen and oxygen atoms in total. The lowest BCUT2D eigenvalue weighted by Crippen LogP contribution is -2.45. The minimum atomic E-state index is 0.581. The summed E-state index contributed by atoms with van der Waals surface area (Å²) < 4.78 is 0. The van der Waals surface area contributed by atoms with Crippen LogP contribution in [-0.4, -0.2) is 28.7 Å². The van der Waals surface area contributed by atoms with E-state index in [4.69, 9.17) is 12.2 Å². The van der Waals surface area contributed by atoms with E-state index in [0.29, 0.717) is 12.0 Å². The lowest BCUT2D eigenvalue weighted by molar-refractivity contribution is 0.594. The Morgan fingerprint density at radius 3 is 2.81 bits per heavy atom. The Morgan fingerprint density at radius 1 is 1.44 bits per heavy atom. The predicted octanol–water partition coefficient (Wildman–Crippen LogP) is 2.78. The van der Waals surface area contributed by atoms with Crippen molar-refractivity contribution in [3.63, 3.8) is 0 Å². The molecule has 0 radical (unpaired) electrons. The van der Waals surface area contributed by atoms with Crippen LogP contribution in [0, 0.1) is 5.92 Å². The highest BCUT2D eigenvalue weighted by molar-refractivity contribution is 7.99. The van der Waals surface area contributed by atoms with Gasteiger partial charge in [-0.15, -0.1) is 0 Å². The SMILES string of the molecule is CCSC1CCCC1NC(=S)NCC(C)C. The third-order valence-corrected chi connectivity index (χ3v) is 4.41. The molecule has 1 saturated carbocycles. The van der Waals surface area contributed by atoms with Crippen LogP contribution >= 0.6 is 24.0 Å². The molecule has 0 aromatic rings. The molecule has 0 aromatic heterocycles. The van der Waals surface area contributed by atoms with Crippen molar-refractivity contribution in [1.82, 2.24) is 10.6 Å². The van der Waals surface area contributed by atoms with Gasteiger partial charge in [-0.2, -0.15) is 11.8 Å². The zero-order valence-electron chi connectivity index (χ0n) is 10.6. The van der Waals surface area contributed by atoms with Gasteiger partial charge in [-0.25, -0.2) is 0 Å². The summed E-state index contributed by atoms with van der Waals surface area (Å²) in [6.45, 7) is 7.58. The van der Waals surface area contributed by atoms with Crippen molar-refractivity contribution in [2.24, 2.45) is 5.92 Å². The van der Waals surface area contributed by atoms with Gasteiger partial charge < -0.3 is 10.6 Å². The van der Waals surface area contributed by atoms with Gasteiger partial charge >= 0.3 is 0 Å². The number of thiocarbonyl (C=S) groups is 1. The largest absolute Gasteiger partial charge is 0.362 e. The molecule has 2 N–H and O–H groups in total. The molecule has 0 amide bonds. The molecule has 2 unspecified atom stereocenters. The second-order valence-corrected chi connectivity index (χ2v) is 6.70. The summed E-state index contributed by atoms with van der Waals surface area (Å²) in [6, 6.07) is 0.581. The number of thioether (sulfide) groups is 1. The van der Waals surface area contributed by atoms with Crippen LogP contribution in [0.3, 0.4) is 0 Å². The Balaban J connectivity index is 2.26. The van der Waals surface area contributed by atoms with Crippen LogP contribution in [0.1, 0.15) is 40.0 Å². The zero-order chi connectivity index (χ0) is 12.0. The molecule has 1 fully saturated rings. The average Bonchev–Trinajstić information content (AvgIpc) is 2.63. The fraction of sp³-hybridized carbons (Fsp3) is 0.917. The molecule has 2 atom stereocenters. The highest BCUT2D eigenvalue weighted by Crippen LogP contribution is 2.29. The van der Waals surface area contributed by atoms with Gasteiger partial charge in [0.05, 0.1) is 0 Å². The molecule has 16 heavy (non-hydrogen) atoms. The fourth-order valence-corrected chi connectivity index (χ4v) is 3.45. The highest BCUT2D eigenvalue weighted by Gasteiger charge is 2.27. The van der Waals surface area contributed by atoms with Gasteiger partial charge in [-0.3, -0.25) is 0 Å². The summed E-state index contributed by atoms with van der Waals surface area (Å²) >= 11 is 7.38. The summed E-state index contributed by atoms with van der Waals surface area (Å²) in [5, 5.41) is 8.34. The Kier molecular flexibility index (Phi) is 6.51. The minimum Gasteiger partial charge on any atom is -0.362 e. The predicted molar refractivity (Wildman–Crippen MR) is 78.1 cm³/mol. The van der Waals surface area contributed by atoms with Gasteiger partial charge in [0.1, 0.15) is 0 Å². The molecular weight excluding hydrogens is 236 g/mol. The van der Waals surface area contributed by atoms with Crippen molar-refractivity contribution in [1.29, 1.82) is 0 Å². The molecule has 0 spiro atoms. The van der Waals surface area contributed by atoms with Crippen LogP contribution in [0.25, 0.3) is 0 Å². The lowest BCUT2D eigenvalue weighted by atomic mass is 10.2. The van der Waals surface area contributed by atoms with Crippen LogP contribution in [-0.2, 0) is 0 Å². The molecule has 1 aliphatic carbocycles. The monoisotopic (exact) mass is 260 g/mol. The fourth-order valence-electron chi connectivity index (χ4n) is 2.02. The van der Waals surface area contributed by atoms with E-state index < -0.39 is 0 Å². The topological polar surface area (TPSA) is 24.1 Å². The third kappa shape index (κ3) is 4.91. The third-order valence-electron chi connectivity index (χ3n) is 2.82. The van der Waals surface area contributed by atoms with Crippen LogP contribution in [0.4, 0.5) is 0 Å². The molecule has 1 rings (SSSR count). The quantitative estimate of drug-likeness (QED) is 0.742. The highest BCUT2D eigenvalue weighted by atomic mass is 32.2. The van der Waals surface area contributed by atoms with E-state index in [1.807, 2.05) is 0 Å². The first-order valence-corrected chi connectivity index (χ1v) is 7.75. The Hall–Kier alpha value is 0.0400. The normalized spacial score (nSPS) is 24.8. The second kappa shape index (κ2) is 7.38. The van der Waals surface area contributed by atoms with E-state index in [9.17, 15) is 0 Å². The van der Waals surface area contributed by atoms with Crippen molar-refractivity contribution in [3.8, 4) is 0 Å². The summed E-state index contributed by atoms with van der Waals surface area (Å²) in [7, 11) is 0. The number of hydrogen-bond acceptors (Lipinski definition) is 2. The number of hydrogen-bond donors (Lipinski definition) is 2. The van der Waals surface area contributed by atoms with E-state index in [0.717, 1.165) is 16.9 Å². The Labute approximate surface area is 109 Å². The van der Waals surface area contributed by atoms with Crippen molar-refractivity contribution >= 4 is 29.1 Å². The van der Waals surface area contributed by atoms with Gasteiger partial charge in [0.2, 0.25) is 0 Å². The average molecular weight is 260 g/mol. The van der Waals surface area contributed by atoms with Gasteiger partial charge in [0, 0.05) is 17.8 Å². The minimum absolute atomic E-state index is 0.581. The van der Waals surface area contributed by atoms with Gasteiger partial charge in [0.15, 0.2) is 5.11 Å². The first kappa shape index (κ1) is 14.1. The number of nitrogens with one attached hydrogen (secondary N) is 2. The van der Waals surface area contributed by atoms with Gasteiger partial charge in [-0.1, -0.05) is 27.2 Å². The molecule has 1 aliphatic rings. The van der Waals surface area contributed by atoms with Crippen LogP contribution in [0.2, 0.25) is 0 Å². The van der Waals surface area contributed by atoms with E-state index in [-0.39, 0.29) is 0 Å². The molecule has 0 aromatic carbocycles. The van der Waals surface area contributed by atoms with E-state index in [1.165, 1.54) is 25.0 Å². The molecule has 4 heteroatoms. The van der Waals surface area contributed by atoms with Crippen molar-refractivity contribution in [2.45, 2.75) is 51.3 Å². The first-order valence-electron chi connectivity index (χ1n) is 6.29. The first-order chi connectivity index (χ1) is 7.63. The van der Waals surface area contributed by atoms with Crippen LogP contribution < -0.4 is 10.6 Å². The second-order valence-electron chi connectivity index (χ2n) is 4.78. The lowest BCUT2D eigenvalue weighted by Gasteiger charge is -2.22. The van der Waals surface area contributed by atoms with Gasteiger partial charge in [-0.05, 0) is 36.7 Å². The summed E-state index contributed by atoms with van der Waals surface area (Å²) in [5.74, 6) is 1.85. The van der Waals surface area contributed by atoms with Crippen molar-refractivity contribution < 1.29 is 0 Å². The number of rotatable bonds is 5. The molecule has 0 bridgehead atoms. The maximum Gasteiger partial charge on any atom is 0.166 e. The van der Waals surface area contributed by atoms with Gasteiger partial charge in [0.25, 0.3) is 0 Å². The van der Waals surface area contributed by atoms with Crippen LogP contribution in [0.5, 0.6) is 0 Å². The molecule has 0 aliphatic heterocycles. The summed E-state index contributed by atoms with van der Waals surface area (Å²) in [6.07, 6.45) is 3.94. The van der Waals surface area contributed by atoms with E-state index in [1.54, 1.807) is 0 Å². The summed E-state index contributed by atoms with van der Waals surface area (Å²) in [5.41, 5.74) is 0. The smallest absolute Gasteiger partial charge is 0.166 e. The standard InChI is InChI=1S/C12H24N2S2/c1-4-16-11-7-5-6-10(11)14-12(15)13-8-9(2)3/h9-11H,4-8H2,1-3H3,(H2,13,14,15). The maximum absolute atomic E-state index is 5.31. The molecular formula is C12H24N2S2. The maximum atomic E-state index is 5.31. The summed E-state index contributed by atoms with van der Waals surface area (Å²) in [4.78, 5) is 0.